The van der Waals surface area contributed by atoms with Gasteiger partial charge < -0.3 is 10.4 Å². The number of nitrogens with zero attached hydrogens (tertiary/aromatic N) is 1. The number of benzene rings is 1. The van der Waals surface area contributed by atoms with Crippen LogP contribution in [0.3, 0.4) is 0 Å². The van der Waals surface area contributed by atoms with E-state index in [-0.39, 0.29) is 0 Å². The lowest BCUT2D eigenvalue weighted by atomic mass is 9.97. The number of nitrogens with one attached hydrogen (secondary N) is 1. The first-order valence-electron chi connectivity index (χ1n) is 6.58. The Hall–Kier alpha value is -1.32. The summed E-state index contributed by atoms with van der Waals surface area (Å²) in [4.78, 5) is 4.30. The summed E-state index contributed by atoms with van der Waals surface area (Å²) in [6.07, 6.45) is 3.20. The van der Waals surface area contributed by atoms with E-state index in [1.807, 2.05) is 38.1 Å². The molecule has 0 atom stereocenters. The number of hydrogen-bond donors (Lipinski definition) is 2. The molecule has 0 aliphatic heterocycles. The molecule has 0 spiro atoms. The van der Waals surface area contributed by atoms with Gasteiger partial charge >= 0.3 is 0 Å². The Morgan fingerprint density at radius 2 is 2.00 bits per heavy atom. The fraction of sp³-hybridized carbons (Fsp3) is 0.400. The van der Waals surface area contributed by atoms with E-state index in [2.05, 4.69) is 10.3 Å². The van der Waals surface area contributed by atoms with Crippen LogP contribution in [0.1, 0.15) is 26.7 Å². The summed E-state index contributed by atoms with van der Waals surface area (Å²) in [5.41, 5.74) is 1.16. The summed E-state index contributed by atoms with van der Waals surface area (Å²) in [6.45, 7) is 4.52. The van der Waals surface area contributed by atoms with Crippen LogP contribution in [0.2, 0.25) is 5.02 Å². The summed E-state index contributed by atoms with van der Waals surface area (Å²) in [5.74, 6) is 0. The van der Waals surface area contributed by atoms with E-state index in [0.29, 0.717) is 11.6 Å². The Morgan fingerprint density at radius 3 is 2.68 bits per heavy atom. The molecule has 102 valence electrons. The van der Waals surface area contributed by atoms with E-state index in [9.17, 15) is 5.11 Å². The molecule has 0 fully saturated rings. The van der Waals surface area contributed by atoms with Gasteiger partial charge in [0.2, 0.25) is 0 Å². The first-order valence-corrected chi connectivity index (χ1v) is 6.96. The average Bonchev–Trinajstić information content (AvgIpc) is 2.44. The zero-order valence-electron chi connectivity index (χ0n) is 11.3. The molecular weight excluding hydrogens is 260 g/mol. The van der Waals surface area contributed by atoms with Crippen molar-refractivity contribution in [2.45, 2.75) is 32.3 Å². The summed E-state index contributed by atoms with van der Waals surface area (Å²) < 4.78 is 0. The minimum Gasteiger partial charge on any atom is -0.388 e. The second kappa shape index (κ2) is 5.76. The standard InChI is InChI=1S/C15H19ClN2O/c1-3-15(19,4-2)10-18-13-7-8-17-14-9-11(16)5-6-12(13)14/h5-9,19H,3-4,10H2,1-2H3,(H,17,18). The van der Waals surface area contributed by atoms with Crippen molar-refractivity contribution < 1.29 is 5.11 Å². The third kappa shape index (κ3) is 3.17. The molecule has 0 amide bonds. The summed E-state index contributed by atoms with van der Waals surface area (Å²) >= 11 is 5.97. The third-order valence-electron chi connectivity index (χ3n) is 3.63. The predicted molar refractivity (Wildman–Crippen MR) is 80.8 cm³/mol. The van der Waals surface area contributed by atoms with Gasteiger partial charge in [0.1, 0.15) is 0 Å². The SMILES string of the molecule is CCC(O)(CC)CNc1ccnc2cc(Cl)ccc12. The maximum atomic E-state index is 10.3. The summed E-state index contributed by atoms with van der Waals surface area (Å²) in [5, 5.41) is 15.3. The van der Waals surface area contributed by atoms with Gasteiger partial charge in [0.05, 0.1) is 11.1 Å². The smallest absolute Gasteiger partial charge is 0.0814 e. The molecule has 2 N–H and O–H groups in total. The normalized spacial score (nSPS) is 11.8. The maximum Gasteiger partial charge on any atom is 0.0814 e. The van der Waals surface area contributed by atoms with Gasteiger partial charge in [-0.25, -0.2) is 0 Å². The number of aliphatic hydroxyl groups is 1. The van der Waals surface area contributed by atoms with Crippen molar-refractivity contribution in [2.24, 2.45) is 0 Å². The zero-order valence-corrected chi connectivity index (χ0v) is 12.0. The second-order valence-corrected chi connectivity index (χ2v) is 5.24. The van der Waals surface area contributed by atoms with Crippen LogP contribution in [0.5, 0.6) is 0 Å². The fourth-order valence-electron chi connectivity index (χ4n) is 2.04. The number of hydrogen-bond acceptors (Lipinski definition) is 3. The molecule has 0 saturated carbocycles. The van der Waals surface area contributed by atoms with Gasteiger partial charge in [0, 0.05) is 28.8 Å². The van der Waals surface area contributed by atoms with Crippen molar-refractivity contribution in [3.8, 4) is 0 Å². The lowest BCUT2D eigenvalue weighted by molar-refractivity contribution is 0.0457. The van der Waals surface area contributed by atoms with Crippen LogP contribution in [0.4, 0.5) is 5.69 Å². The topological polar surface area (TPSA) is 45.1 Å². The molecule has 19 heavy (non-hydrogen) atoms. The van der Waals surface area contributed by atoms with Crippen molar-refractivity contribution in [1.82, 2.24) is 4.98 Å². The number of pyridine rings is 1. The molecule has 2 rings (SSSR count). The Balaban J connectivity index is 2.26. The van der Waals surface area contributed by atoms with Gasteiger partial charge in [-0.2, -0.15) is 0 Å². The van der Waals surface area contributed by atoms with Gasteiger partial charge in [0.25, 0.3) is 0 Å². The van der Waals surface area contributed by atoms with Gasteiger partial charge in [0.15, 0.2) is 0 Å². The quantitative estimate of drug-likeness (QED) is 0.873. The van der Waals surface area contributed by atoms with Crippen LogP contribution in [-0.4, -0.2) is 22.2 Å². The molecule has 3 nitrogen and oxygen atoms in total. The highest BCUT2D eigenvalue weighted by Gasteiger charge is 2.21. The van der Waals surface area contributed by atoms with Gasteiger partial charge in [-0.1, -0.05) is 25.4 Å². The maximum absolute atomic E-state index is 10.3. The Morgan fingerprint density at radius 1 is 1.26 bits per heavy atom. The van der Waals surface area contributed by atoms with E-state index in [1.165, 1.54) is 0 Å². The van der Waals surface area contributed by atoms with E-state index in [4.69, 9.17) is 11.6 Å². The van der Waals surface area contributed by atoms with Gasteiger partial charge in [-0.3, -0.25) is 4.98 Å². The van der Waals surface area contributed by atoms with Crippen LogP contribution in [0.15, 0.2) is 30.5 Å². The first-order chi connectivity index (χ1) is 9.08. The van der Waals surface area contributed by atoms with Crippen LogP contribution >= 0.6 is 11.6 Å². The molecule has 0 unspecified atom stereocenters. The molecule has 0 radical (unpaired) electrons. The average molecular weight is 279 g/mol. The van der Waals surface area contributed by atoms with Crippen LogP contribution < -0.4 is 5.32 Å². The largest absolute Gasteiger partial charge is 0.388 e. The van der Waals surface area contributed by atoms with E-state index in [1.54, 1.807) is 6.20 Å². The van der Waals surface area contributed by atoms with Crippen molar-refractivity contribution in [3.05, 3.63) is 35.5 Å². The zero-order chi connectivity index (χ0) is 13.9. The highest BCUT2D eigenvalue weighted by atomic mass is 35.5. The first kappa shape index (κ1) is 14.1. The molecule has 0 bridgehead atoms. The minimum atomic E-state index is -0.665. The van der Waals surface area contributed by atoms with Crippen LogP contribution in [-0.2, 0) is 0 Å². The van der Waals surface area contributed by atoms with Crippen molar-refractivity contribution >= 4 is 28.2 Å². The van der Waals surface area contributed by atoms with Gasteiger partial charge in [-0.05, 0) is 37.1 Å². The number of rotatable bonds is 5. The number of halogens is 1. The molecule has 1 aromatic heterocycles. The monoisotopic (exact) mass is 278 g/mol. The van der Waals surface area contributed by atoms with E-state index >= 15 is 0 Å². The molecule has 4 heteroatoms. The lowest BCUT2D eigenvalue weighted by Crippen LogP contribution is -2.35. The summed E-state index contributed by atoms with van der Waals surface area (Å²) in [7, 11) is 0. The molecule has 2 aromatic rings. The Kier molecular flexibility index (Phi) is 4.27. The number of aromatic nitrogens is 1. The van der Waals surface area contributed by atoms with Crippen LogP contribution in [0.25, 0.3) is 10.9 Å². The molecule has 0 saturated heterocycles. The highest BCUT2D eigenvalue weighted by Crippen LogP contribution is 2.25. The molecule has 0 aliphatic carbocycles. The molecule has 0 aliphatic rings. The fourth-order valence-corrected chi connectivity index (χ4v) is 2.20. The number of fused-ring (bicyclic) bond motifs is 1. The van der Waals surface area contributed by atoms with Crippen molar-refractivity contribution in [3.63, 3.8) is 0 Å². The van der Waals surface area contributed by atoms with E-state index < -0.39 is 5.60 Å². The Labute approximate surface area is 118 Å². The van der Waals surface area contributed by atoms with Crippen molar-refractivity contribution in [1.29, 1.82) is 0 Å². The summed E-state index contributed by atoms with van der Waals surface area (Å²) in [6, 6.07) is 7.56. The minimum absolute atomic E-state index is 0.530. The van der Waals surface area contributed by atoms with E-state index in [0.717, 1.165) is 29.4 Å². The van der Waals surface area contributed by atoms with Gasteiger partial charge in [-0.15, -0.1) is 0 Å². The van der Waals surface area contributed by atoms with Crippen molar-refractivity contribution in [2.75, 3.05) is 11.9 Å². The molecule has 1 heterocycles. The lowest BCUT2D eigenvalue weighted by Gasteiger charge is -2.26. The molecule has 1 aromatic carbocycles. The van der Waals surface area contributed by atoms with Crippen LogP contribution in [0, 0.1) is 0 Å². The second-order valence-electron chi connectivity index (χ2n) is 4.80. The highest BCUT2D eigenvalue weighted by molar-refractivity contribution is 6.31. The predicted octanol–water partition coefficient (Wildman–Crippen LogP) is 3.85. The third-order valence-corrected chi connectivity index (χ3v) is 3.86. The Bertz CT molecular complexity index is 567. The molecular formula is C15H19ClN2O. The number of anilines is 1.